The van der Waals surface area contributed by atoms with E-state index in [-0.39, 0.29) is 0 Å². The molecule has 0 atom stereocenters. The molecule has 0 aromatic rings. The molecule has 0 radical (unpaired) electrons. The lowest BCUT2D eigenvalue weighted by molar-refractivity contribution is 0.194. The summed E-state index contributed by atoms with van der Waals surface area (Å²) < 4.78 is 25.2. The van der Waals surface area contributed by atoms with Crippen LogP contribution in [0.4, 0.5) is 0 Å². The van der Waals surface area contributed by atoms with Gasteiger partial charge in [-0.2, -0.15) is 4.31 Å². The van der Waals surface area contributed by atoms with Gasteiger partial charge in [-0.25, -0.2) is 8.42 Å². The third-order valence-corrected chi connectivity index (χ3v) is 5.48. The molecule has 15 heavy (non-hydrogen) atoms. The smallest absolute Gasteiger partial charge is 0.219 e. The maximum atomic E-state index is 12.1. The van der Waals surface area contributed by atoms with Crippen molar-refractivity contribution in [1.29, 1.82) is 0 Å². The largest absolute Gasteiger partial charge is 0.301 e. The molecule has 0 aromatic heterocycles. The molecule has 0 saturated carbocycles. The molecule has 1 saturated heterocycles. The molecular formula is C10H22N2O2S. The van der Waals surface area contributed by atoms with Crippen LogP contribution in [0.3, 0.4) is 0 Å². The van der Waals surface area contributed by atoms with Crippen molar-refractivity contribution in [3.05, 3.63) is 0 Å². The van der Waals surface area contributed by atoms with E-state index in [0.29, 0.717) is 13.1 Å². The van der Waals surface area contributed by atoms with Crippen LogP contribution in [0.1, 0.15) is 27.7 Å². The molecule has 0 N–H and O–H groups in total. The highest BCUT2D eigenvalue weighted by atomic mass is 32.2. The Morgan fingerprint density at radius 2 is 1.53 bits per heavy atom. The van der Waals surface area contributed by atoms with Gasteiger partial charge < -0.3 is 4.90 Å². The lowest BCUT2D eigenvalue weighted by Gasteiger charge is -2.36. The van der Waals surface area contributed by atoms with Crippen LogP contribution in [0.5, 0.6) is 0 Å². The molecule has 0 unspecified atom stereocenters. The second-order valence-corrected chi connectivity index (χ2v) is 7.64. The number of piperazine rings is 1. The summed E-state index contributed by atoms with van der Waals surface area (Å²) >= 11 is 0. The normalized spacial score (nSPS) is 21.9. The molecule has 1 aliphatic heterocycles. The zero-order chi connectivity index (χ0) is 11.7. The Morgan fingerprint density at radius 3 is 1.87 bits per heavy atom. The van der Waals surface area contributed by atoms with Gasteiger partial charge in [0.1, 0.15) is 0 Å². The van der Waals surface area contributed by atoms with E-state index in [9.17, 15) is 8.42 Å². The minimum atomic E-state index is -3.12. The predicted molar refractivity (Wildman–Crippen MR) is 62.4 cm³/mol. The van der Waals surface area contributed by atoms with Gasteiger partial charge in [0, 0.05) is 26.2 Å². The second-order valence-electron chi connectivity index (χ2n) is 4.95. The first kappa shape index (κ1) is 12.9. The van der Waals surface area contributed by atoms with Gasteiger partial charge in [-0.15, -0.1) is 0 Å². The van der Waals surface area contributed by atoms with Gasteiger partial charge in [0.15, 0.2) is 0 Å². The summed E-state index contributed by atoms with van der Waals surface area (Å²) in [5.41, 5.74) is 0. The molecule has 0 aliphatic carbocycles. The van der Waals surface area contributed by atoms with Crippen LogP contribution in [-0.2, 0) is 10.0 Å². The Hall–Kier alpha value is -0.130. The van der Waals surface area contributed by atoms with E-state index in [1.54, 1.807) is 25.1 Å². The average molecular weight is 234 g/mol. The van der Waals surface area contributed by atoms with Crippen molar-refractivity contribution in [2.75, 3.05) is 32.7 Å². The third-order valence-electron chi connectivity index (χ3n) is 2.89. The SMILES string of the molecule is CCN1CCN(S(=O)(=O)C(C)(C)C)CC1. The first-order valence-corrected chi connectivity index (χ1v) is 6.95. The van der Waals surface area contributed by atoms with Gasteiger partial charge in [0.25, 0.3) is 0 Å². The van der Waals surface area contributed by atoms with E-state index in [1.807, 2.05) is 0 Å². The molecular weight excluding hydrogens is 212 g/mol. The van der Waals surface area contributed by atoms with Crippen LogP contribution in [0, 0.1) is 0 Å². The molecule has 1 rings (SSSR count). The van der Waals surface area contributed by atoms with Crippen LogP contribution >= 0.6 is 0 Å². The highest BCUT2D eigenvalue weighted by Crippen LogP contribution is 2.21. The van der Waals surface area contributed by atoms with E-state index in [0.717, 1.165) is 19.6 Å². The van der Waals surface area contributed by atoms with Crippen LogP contribution in [0.15, 0.2) is 0 Å². The molecule has 5 heteroatoms. The topological polar surface area (TPSA) is 40.6 Å². The summed E-state index contributed by atoms with van der Waals surface area (Å²) in [4.78, 5) is 2.27. The van der Waals surface area contributed by atoms with Crippen molar-refractivity contribution in [3.63, 3.8) is 0 Å². The quantitative estimate of drug-likeness (QED) is 0.708. The Balaban J connectivity index is 2.69. The van der Waals surface area contributed by atoms with Gasteiger partial charge in [-0.3, -0.25) is 0 Å². The van der Waals surface area contributed by atoms with Crippen LogP contribution in [-0.4, -0.2) is 55.1 Å². The van der Waals surface area contributed by atoms with Crippen LogP contribution in [0.2, 0.25) is 0 Å². The fraction of sp³-hybridized carbons (Fsp3) is 1.00. The van der Waals surface area contributed by atoms with Crippen molar-refractivity contribution in [2.45, 2.75) is 32.4 Å². The number of sulfonamides is 1. The first-order valence-electron chi connectivity index (χ1n) is 5.51. The molecule has 0 amide bonds. The van der Waals surface area contributed by atoms with Gasteiger partial charge in [-0.1, -0.05) is 6.92 Å². The number of rotatable bonds is 2. The summed E-state index contributed by atoms with van der Waals surface area (Å²) in [5, 5.41) is 0. The fourth-order valence-corrected chi connectivity index (χ4v) is 3.09. The predicted octanol–water partition coefficient (Wildman–Crippen LogP) is 0.752. The molecule has 0 aromatic carbocycles. The standard InChI is InChI=1S/C10H22N2O2S/c1-5-11-6-8-12(9-7-11)15(13,14)10(2,3)4/h5-9H2,1-4H3. The molecule has 1 aliphatic rings. The van der Waals surface area contributed by atoms with E-state index in [2.05, 4.69) is 11.8 Å². The third kappa shape index (κ3) is 2.71. The average Bonchev–Trinajstić information content (AvgIpc) is 2.16. The maximum Gasteiger partial charge on any atom is 0.219 e. The van der Waals surface area contributed by atoms with Crippen molar-refractivity contribution < 1.29 is 8.42 Å². The zero-order valence-electron chi connectivity index (χ0n) is 10.2. The highest BCUT2D eigenvalue weighted by Gasteiger charge is 2.36. The number of likely N-dealkylation sites (N-methyl/N-ethyl adjacent to an activating group) is 1. The van der Waals surface area contributed by atoms with Crippen LogP contribution < -0.4 is 0 Å². The van der Waals surface area contributed by atoms with Gasteiger partial charge in [0.2, 0.25) is 10.0 Å². The van der Waals surface area contributed by atoms with Gasteiger partial charge in [-0.05, 0) is 27.3 Å². The minimum Gasteiger partial charge on any atom is -0.301 e. The van der Waals surface area contributed by atoms with Gasteiger partial charge >= 0.3 is 0 Å². The lowest BCUT2D eigenvalue weighted by atomic mass is 10.3. The fourth-order valence-electron chi connectivity index (χ4n) is 1.67. The van der Waals surface area contributed by atoms with Crippen molar-refractivity contribution in [3.8, 4) is 0 Å². The van der Waals surface area contributed by atoms with E-state index in [1.165, 1.54) is 0 Å². The van der Waals surface area contributed by atoms with Crippen molar-refractivity contribution in [1.82, 2.24) is 9.21 Å². The molecule has 1 heterocycles. The minimum absolute atomic E-state index is 0.632. The van der Waals surface area contributed by atoms with Crippen LogP contribution in [0.25, 0.3) is 0 Å². The molecule has 0 bridgehead atoms. The van der Waals surface area contributed by atoms with Gasteiger partial charge in [0.05, 0.1) is 4.75 Å². The second kappa shape index (κ2) is 4.39. The Bertz CT molecular complexity index is 298. The molecule has 90 valence electrons. The molecule has 4 nitrogen and oxygen atoms in total. The summed E-state index contributed by atoms with van der Waals surface area (Å²) in [6.45, 7) is 11.4. The molecule has 1 fully saturated rings. The monoisotopic (exact) mass is 234 g/mol. The Labute approximate surface area is 93.3 Å². The summed E-state index contributed by atoms with van der Waals surface area (Å²) in [6, 6.07) is 0. The maximum absolute atomic E-state index is 12.1. The summed E-state index contributed by atoms with van der Waals surface area (Å²) in [6.07, 6.45) is 0. The highest BCUT2D eigenvalue weighted by molar-refractivity contribution is 7.90. The summed E-state index contributed by atoms with van der Waals surface area (Å²) in [5.74, 6) is 0. The van der Waals surface area contributed by atoms with E-state index < -0.39 is 14.8 Å². The summed E-state index contributed by atoms with van der Waals surface area (Å²) in [7, 11) is -3.12. The zero-order valence-corrected chi connectivity index (χ0v) is 11.0. The number of nitrogens with zero attached hydrogens (tertiary/aromatic N) is 2. The van der Waals surface area contributed by atoms with Crippen molar-refractivity contribution >= 4 is 10.0 Å². The number of hydrogen-bond acceptors (Lipinski definition) is 3. The molecule has 0 spiro atoms. The van der Waals surface area contributed by atoms with E-state index >= 15 is 0 Å². The number of hydrogen-bond donors (Lipinski definition) is 0. The Morgan fingerprint density at radius 1 is 1.07 bits per heavy atom. The van der Waals surface area contributed by atoms with Crippen molar-refractivity contribution in [2.24, 2.45) is 0 Å². The Kier molecular flexibility index (Phi) is 3.79. The lowest BCUT2D eigenvalue weighted by Crippen LogP contribution is -2.52. The first-order chi connectivity index (χ1) is 6.79. The van der Waals surface area contributed by atoms with E-state index in [4.69, 9.17) is 0 Å².